The number of aliphatic hydroxyl groups excluding tert-OH is 1. The lowest BCUT2D eigenvalue weighted by Gasteiger charge is -2.14. The summed E-state index contributed by atoms with van der Waals surface area (Å²) in [5.41, 5.74) is 2.35. The number of hydrogen-bond donors (Lipinski definition) is 1. The Morgan fingerprint density at radius 2 is 2.00 bits per heavy atom. The first-order valence-corrected chi connectivity index (χ1v) is 8.78. The molecule has 2 aromatic carbocycles. The van der Waals surface area contributed by atoms with E-state index in [4.69, 9.17) is 21.4 Å². The molecule has 1 aliphatic heterocycles. The third-order valence-electron chi connectivity index (χ3n) is 4.23. The van der Waals surface area contributed by atoms with Crippen LogP contribution in [0.3, 0.4) is 0 Å². The average Bonchev–Trinajstić information content (AvgIpc) is 2.99. The second kappa shape index (κ2) is 7.56. The summed E-state index contributed by atoms with van der Waals surface area (Å²) in [4.78, 5) is 4.60. The number of ether oxygens (including phenoxy) is 1. The summed E-state index contributed by atoms with van der Waals surface area (Å²) >= 11 is 6.22. The van der Waals surface area contributed by atoms with Crippen LogP contribution in [-0.4, -0.2) is 38.8 Å². The van der Waals surface area contributed by atoms with Gasteiger partial charge in [-0.25, -0.2) is 4.39 Å². The minimum atomic E-state index is -0.355. The predicted molar refractivity (Wildman–Crippen MR) is 98.9 cm³/mol. The number of halogens is 2. The van der Waals surface area contributed by atoms with Crippen molar-refractivity contribution in [3.05, 3.63) is 76.1 Å². The molecule has 0 fully saturated rings. The molecule has 0 radical (unpaired) electrons. The van der Waals surface area contributed by atoms with Crippen molar-refractivity contribution in [2.75, 3.05) is 13.2 Å². The molecule has 3 aromatic rings. The van der Waals surface area contributed by atoms with Crippen LogP contribution in [0.1, 0.15) is 22.8 Å². The van der Waals surface area contributed by atoms with Crippen LogP contribution in [0, 0.1) is 5.82 Å². The number of benzene rings is 2. The maximum absolute atomic E-state index is 14.4. The van der Waals surface area contributed by atoms with E-state index in [1.54, 1.807) is 30.3 Å². The fourth-order valence-corrected chi connectivity index (χ4v) is 3.24. The number of fused-ring (bicyclic) bond motifs is 3. The van der Waals surface area contributed by atoms with Crippen LogP contribution in [0.5, 0.6) is 0 Å². The van der Waals surface area contributed by atoms with Gasteiger partial charge in [0.15, 0.2) is 11.6 Å². The van der Waals surface area contributed by atoms with Gasteiger partial charge in [-0.1, -0.05) is 23.7 Å². The second-order valence-electron chi connectivity index (χ2n) is 5.95. The van der Waals surface area contributed by atoms with Crippen molar-refractivity contribution in [2.45, 2.75) is 13.2 Å². The monoisotopic (exact) mass is 386 g/mol. The molecule has 1 aliphatic rings. The van der Waals surface area contributed by atoms with Gasteiger partial charge in [-0.2, -0.15) is 0 Å². The summed E-state index contributed by atoms with van der Waals surface area (Å²) in [6.45, 7) is 0.550. The fourth-order valence-electron chi connectivity index (χ4n) is 3.07. The highest BCUT2D eigenvalue weighted by Gasteiger charge is 2.24. The lowest BCUT2D eigenvalue weighted by atomic mass is 10.00. The molecule has 2 heterocycles. The molecule has 0 aliphatic carbocycles. The normalized spacial score (nSPS) is 12.9. The first-order valence-electron chi connectivity index (χ1n) is 8.40. The van der Waals surface area contributed by atoms with Crippen molar-refractivity contribution in [3.63, 3.8) is 0 Å². The molecule has 8 heteroatoms. The van der Waals surface area contributed by atoms with E-state index in [1.165, 1.54) is 6.07 Å². The van der Waals surface area contributed by atoms with Gasteiger partial charge in [0.1, 0.15) is 19.0 Å². The van der Waals surface area contributed by atoms with Crippen LogP contribution < -0.4 is 0 Å². The van der Waals surface area contributed by atoms with E-state index in [1.807, 2.05) is 10.6 Å². The second-order valence-corrected chi connectivity index (χ2v) is 6.39. The first-order chi connectivity index (χ1) is 13.2. The molecule has 0 bridgehead atoms. The van der Waals surface area contributed by atoms with E-state index in [-0.39, 0.29) is 32.2 Å². The summed E-state index contributed by atoms with van der Waals surface area (Å²) in [6.07, 6.45) is 0. The summed E-state index contributed by atoms with van der Waals surface area (Å²) < 4.78 is 21.7. The molecule has 138 valence electrons. The number of nitrogens with zero attached hydrogens (tertiary/aromatic N) is 4. The Balaban J connectivity index is 1.86. The van der Waals surface area contributed by atoms with E-state index in [9.17, 15) is 4.39 Å². The minimum Gasteiger partial charge on any atom is -0.394 e. The standard InChI is InChI=1S/C19H16ClFN4O2/c20-12-5-6-16-14(9-12)19(13-3-1-2-4-15(13)21)22-10-17-23-24-18(25(16)17)11-27-8-7-26/h1-6,9,26H,7-8,10-11H2. The smallest absolute Gasteiger partial charge is 0.163 e. The van der Waals surface area contributed by atoms with Crippen molar-refractivity contribution in [1.82, 2.24) is 14.8 Å². The van der Waals surface area contributed by atoms with Crippen molar-refractivity contribution in [1.29, 1.82) is 0 Å². The van der Waals surface area contributed by atoms with Crippen LogP contribution >= 0.6 is 11.6 Å². The maximum Gasteiger partial charge on any atom is 0.163 e. The lowest BCUT2D eigenvalue weighted by molar-refractivity contribution is 0.0768. The molecule has 0 atom stereocenters. The van der Waals surface area contributed by atoms with Gasteiger partial charge in [0.25, 0.3) is 0 Å². The van der Waals surface area contributed by atoms with Crippen molar-refractivity contribution < 1.29 is 14.2 Å². The minimum absolute atomic E-state index is 0.0757. The Labute approximate surface area is 159 Å². The topological polar surface area (TPSA) is 72.5 Å². The molecule has 1 N–H and O–H groups in total. The lowest BCUT2D eigenvalue weighted by Crippen LogP contribution is -2.12. The van der Waals surface area contributed by atoms with Crippen molar-refractivity contribution in [3.8, 4) is 5.69 Å². The molecule has 0 spiro atoms. The van der Waals surface area contributed by atoms with Gasteiger partial charge in [-0.3, -0.25) is 9.56 Å². The molecular formula is C19H16ClFN4O2. The molecule has 0 unspecified atom stereocenters. The zero-order chi connectivity index (χ0) is 18.8. The third kappa shape index (κ3) is 3.37. The molecule has 1 aromatic heterocycles. The van der Waals surface area contributed by atoms with Gasteiger partial charge in [0.05, 0.1) is 24.6 Å². The molecule has 27 heavy (non-hydrogen) atoms. The Morgan fingerprint density at radius 3 is 2.81 bits per heavy atom. The number of hydrogen-bond acceptors (Lipinski definition) is 5. The van der Waals surface area contributed by atoms with Gasteiger partial charge < -0.3 is 9.84 Å². The molecule has 0 amide bonds. The zero-order valence-corrected chi connectivity index (χ0v) is 15.0. The largest absolute Gasteiger partial charge is 0.394 e. The highest BCUT2D eigenvalue weighted by Crippen LogP contribution is 2.29. The van der Waals surface area contributed by atoms with E-state index in [0.29, 0.717) is 33.5 Å². The SMILES string of the molecule is OCCOCc1nnc2n1-c1ccc(Cl)cc1C(c1ccccc1F)=NC2. The van der Waals surface area contributed by atoms with Crippen LogP contribution in [0.4, 0.5) is 4.39 Å². The van der Waals surface area contributed by atoms with Gasteiger partial charge >= 0.3 is 0 Å². The van der Waals surface area contributed by atoms with E-state index in [2.05, 4.69) is 15.2 Å². The number of aliphatic hydroxyl groups is 1. The third-order valence-corrected chi connectivity index (χ3v) is 4.46. The molecular weight excluding hydrogens is 371 g/mol. The fraction of sp³-hybridized carbons (Fsp3) is 0.211. The van der Waals surface area contributed by atoms with Gasteiger partial charge in [0.2, 0.25) is 0 Å². The van der Waals surface area contributed by atoms with Crippen molar-refractivity contribution >= 4 is 17.3 Å². The summed E-state index contributed by atoms with van der Waals surface area (Å²) in [5.74, 6) is 0.839. The number of aromatic nitrogens is 3. The molecule has 6 nitrogen and oxygen atoms in total. The summed E-state index contributed by atoms with van der Waals surface area (Å²) in [6, 6.07) is 11.9. The first kappa shape index (κ1) is 17.8. The Bertz CT molecular complexity index is 1020. The highest BCUT2D eigenvalue weighted by molar-refractivity contribution is 6.31. The van der Waals surface area contributed by atoms with Crippen LogP contribution in [0.2, 0.25) is 5.02 Å². The van der Waals surface area contributed by atoms with Gasteiger partial charge in [-0.05, 0) is 30.3 Å². The molecule has 0 saturated heterocycles. The zero-order valence-electron chi connectivity index (χ0n) is 14.3. The van der Waals surface area contributed by atoms with E-state index < -0.39 is 0 Å². The predicted octanol–water partition coefficient (Wildman–Crippen LogP) is 2.92. The summed E-state index contributed by atoms with van der Waals surface area (Å²) in [5, 5.41) is 17.8. The molecule has 4 rings (SSSR count). The van der Waals surface area contributed by atoms with Crippen molar-refractivity contribution in [2.24, 2.45) is 4.99 Å². The Kier molecular flexibility index (Phi) is 4.98. The average molecular weight is 387 g/mol. The van der Waals surface area contributed by atoms with Crippen LogP contribution in [-0.2, 0) is 17.9 Å². The molecule has 0 saturated carbocycles. The Hall–Kier alpha value is -2.61. The van der Waals surface area contributed by atoms with Gasteiger partial charge in [0, 0.05) is 16.1 Å². The quantitative estimate of drug-likeness (QED) is 0.684. The highest BCUT2D eigenvalue weighted by atomic mass is 35.5. The van der Waals surface area contributed by atoms with Crippen LogP contribution in [0.15, 0.2) is 47.5 Å². The van der Waals surface area contributed by atoms with Gasteiger partial charge in [-0.15, -0.1) is 10.2 Å². The van der Waals surface area contributed by atoms with E-state index >= 15 is 0 Å². The number of aliphatic imine (C=N–C) groups is 1. The number of rotatable bonds is 5. The maximum atomic E-state index is 14.4. The summed E-state index contributed by atoms with van der Waals surface area (Å²) in [7, 11) is 0. The van der Waals surface area contributed by atoms with Crippen LogP contribution in [0.25, 0.3) is 5.69 Å². The Morgan fingerprint density at radius 1 is 1.15 bits per heavy atom. The van der Waals surface area contributed by atoms with E-state index in [0.717, 1.165) is 5.69 Å².